The minimum absolute atomic E-state index is 0.415. The van der Waals surface area contributed by atoms with Gasteiger partial charge in [-0.15, -0.1) is 11.3 Å². The summed E-state index contributed by atoms with van der Waals surface area (Å²) in [5.41, 5.74) is 6.93. The van der Waals surface area contributed by atoms with Gasteiger partial charge in [-0.05, 0) is 29.8 Å². The summed E-state index contributed by atoms with van der Waals surface area (Å²) in [5, 5.41) is 6.87. The fourth-order valence-electron chi connectivity index (χ4n) is 6.02. The van der Waals surface area contributed by atoms with Gasteiger partial charge in [-0.3, -0.25) is 4.90 Å². The van der Waals surface area contributed by atoms with Crippen LogP contribution < -0.4 is 10.3 Å². The van der Waals surface area contributed by atoms with E-state index in [2.05, 4.69) is 49.3 Å². The van der Waals surface area contributed by atoms with Crippen LogP contribution in [0.25, 0.3) is 21.1 Å². The lowest BCUT2D eigenvalue weighted by Crippen LogP contribution is -2.47. The molecule has 0 atom stereocenters. The highest BCUT2D eigenvalue weighted by Crippen LogP contribution is 2.34. The van der Waals surface area contributed by atoms with Gasteiger partial charge < -0.3 is 14.2 Å². The molecule has 0 unspecified atom stereocenters. The first-order valence-electron chi connectivity index (χ1n) is 15.3. The quantitative estimate of drug-likeness (QED) is 0.161. The number of hydrazone groups is 1. The van der Waals surface area contributed by atoms with Gasteiger partial charge in [-0.1, -0.05) is 47.5 Å². The van der Waals surface area contributed by atoms with E-state index >= 15 is 0 Å². The van der Waals surface area contributed by atoms with Gasteiger partial charge in [0.25, 0.3) is 0 Å². The van der Waals surface area contributed by atoms with Crippen molar-refractivity contribution in [1.29, 1.82) is 0 Å². The molecule has 11 nitrogen and oxygen atoms in total. The average molecular weight is 714 g/mol. The molecule has 5 aromatic rings. The summed E-state index contributed by atoms with van der Waals surface area (Å²) in [5.74, 6) is 1.28. The van der Waals surface area contributed by atoms with Crippen LogP contribution in [0.1, 0.15) is 16.0 Å². The molecule has 2 aromatic carbocycles. The Balaban J connectivity index is 1.13. The Morgan fingerprint density at radius 2 is 1.79 bits per heavy atom. The Morgan fingerprint density at radius 3 is 2.55 bits per heavy atom. The van der Waals surface area contributed by atoms with E-state index in [1.807, 2.05) is 24.3 Å². The second kappa shape index (κ2) is 13.7. The molecule has 0 radical (unpaired) electrons. The Labute approximate surface area is 287 Å². The zero-order valence-electron chi connectivity index (χ0n) is 25.8. The number of ether oxygens (including phenoxy) is 1. The Morgan fingerprint density at radius 1 is 1.00 bits per heavy atom. The number of benzene rings is 2. The summed E-state index contributed by atoms with van der Waals surface area (Å²) in [7, 11) is -3.17. The maximum Gasteiger partial charge on any atom is 0.246 e. The number of fused-ring (bicyclic) bond motifs is 2. The average Bonchev–Trinajstić information content (AvgIpc) is 3.63. The molecule has 1 N–H and O–H groups in total. The molecule has 15 heteroatoms. The van der Waals surface area contributed by atoms with Gasteiger partial charge >= 0.3 is 0 Å². The highest BCUT2D eigenvalue weighted by molar-refractivity contribution is 7.88. The summed E-state index contributed by atoms with van der Waals surface area (Å²) < 4.78 is 34.2. The molecule has 0 amide bonds. The molecule has 0 saturated carbocycles. The van der Waals surface area contributed by atoms with Crippen LogP contribution in [0.15, 0.2) is 59.8 Å². The van der Waals surface area contributed by atoms with Crippen LogP contribution in [0.2, 0.25) is 10.0 Å². The van der Waals surface area contributed by atoms with Crippen molar-refractivity contribution in [3.63, 3.8) is 0 Å². The minimum atomic E-state index is -3.17. The summed E-state index contributed by atoms with van der Waals surface area (Å²) in [6.07, 6.45) is 5.12. The van der Waals surface area contributed by atoms with Crippen molar-refractivity contribution in [3.05, 3.63) is 80.8 Å². The second-order valence-corrected chi connectivity index (χ2v) is 15.6. The van der Waals surface area contributed by atoms with Crippen LogP contribution in [0.3, 0.4) is 0 Å². The molecule has 7 rings (SSSR count). The topological polar surface area (TPSA) is 108 Å². The summed E-state index contributed by atoms with van der Waals surface area (Å²) >= 11 is 14.3. The van der Waals surface area contributed by atoms with Gasteiger partial charge in [0.1, 0.15) is 0 Å². The maximum atomic E-state index is 11.9. The van der Waals surface area contributed by atoms with Gasteiger partial charge in [-0.25, -0.2) is 18.8 Å². The SMILES string of the molecule is CS(=O)(=O)N1CCN(Cc2cc3nc(N/N=C/c4cn(Cc5ccc(Cl)cc5Cl)c5ccccc45)nc(N4CCOCC4)c3s2)CC1. The number of nitrogens with one attached hydrogen (secondary N) is 1. The van der Waals surface area contributed by atoms with Gasteiger partial charge in [0.15, 0.2) is 5.82 Å². The molecule has 2 aliphatic heterocycles. The molecule has 2 saturated heterocycles. The fourth-order valence-corrected chi connectivity index (χ4v) is 8.47. The van der Waals surface area contributed by atoms with E-state index in [1.54, 1.807) is 27.9 Å². The van der Waals surface area contributed by atoms with Gasteiger partial charge in [0, 0.05) is 89.9 Å². The first-order chi connectivity index (χ1) is 22.7. The molecule has 5 heterocycles. The number of morpholine rings is 1. The fraction of sp³-hybridized carbons (Fsp3) is 0.344. The standard InChI is InChI=1S/C32H34Cl2N8O3S2/c1-47(43,44)42-10-8-39(9-11-42)21-25-17-28-30(46-25)31(40-12-14-45-15-13-40)37-32(36-28)38-35-18-23-20-41(29-5-3-2-4-26(23)29)19-22-6-7-24(33)16-27(22)34/h2-7,16-18,20H,8-15,19,21H2,1H3,(H,36,37,38)/b35-18+. The number of piperazine rings is 1. The monoisotopic (exact) mass is 712 g/mol. The van der Waals surface area contributed by atoms with E-state index < -0.39 is 10.0 Å². The third-order valence-corrected chi connectivity index (χ3v) is 11.4. The molecule has 2 aliphatic rings. The third kappa shape index (κ3) is 7.26. The van der Waals surface area contributed by atoms with Crippen molar-refractivity contribution in [2.45, 2.75) is 13.1 Å². The molecule has 0 spiro atoms. The number of para-hydroxylation sites is 1. The van der Waals surface area contributed by atoms with E-state index in [1.165, 1.54) is 6.26 Å². The third-order valence-electron chi connectivity index (χ3n) is 8.44. The minimum Gasteiger partial charge on any atom is -0.378 e. The van der Waals surface area contributed by atoms with E-state index in [9.17, 15) is 8.42 Å². The zero-order valence-corrected chi connectivity index (χ0v) is 28.9. The molecular weight excluding hydrogens is 679 g/mol. The molecule has 0 aliphatic carbocycles. The smallest absolute Gasteiger partial charge is 0.246 e. The number of hydrogen-bond acceptors (Lipinski definition) is 10. The second-order valence-electron chi connectivity index (χ2n) is 11.7. The lowest BCUT2D eigenvalue weighted by Gasteiger charge is -2.32. The van der Waals surface area contributed by atoms with Crippen LogP contribution >= 0.6 is 34.5 Å². The van der Waals surface area contributed by atoms with E-state index in [0.717, 1.165) is 62.6 Å². The number of aromatic nitrogens is 3. The van der Waals surface area contributed by atoms with Crippen molar-refractivity contribution >= 4 is 83.7 Å². The highest BCUT2D eigenvalue weighted by atomic mass is 35.5. The number of rotatable bonds is 9. The normalized spacial score (nSPS) is 17.0. The van der Waals surface area contributed by atoms with E-state index in [-0.39, 0.29) is 0 Å². The van der Waals surface area contributed by atoms with E-state index in [4.69, 9.17) is 37.9 Å². The van der Waals surface area contributed by atoms with Crippen molar-refractivity contribution < 1.29 is 13.2 Å². The van der Waals surface area contributed by atoms with Crippen molar-refractivity contribution in [2.75, 3.05) is 69.1 Å². The Kier molecular flexibility index (Phi) is 9.38. The van der Waals surface area contributed by atoms with Crippen LogP contribution in [-0.2, 0) is 27.8 Å². The number of anilines is 2. The number of thiophene rings is 1. The Bertz CT molecular complexity index is 2050. The molecule has 246 valence electrons. The van der Waals surface area contributed by atoms with Crippen molar-refractivity contribution in [3.8, 4) is 0 Å². The maximum absolute atomic E-state index is 11.9. The molecule has 47 heavy (non-hydrogen) atoms. The summed E-state index contributed by atoms with van der Waals surface area (Å²) in [6.45, 7) is 6.47. The number of hydrogen-bond donors (Lipinski definition) is 1. The Hall–Kier alpha value is -3.30. The summed E-state index contributed by atoms with van der Waals surface area (Å²) in [4.78, 5) is 15.4. The zero-order chi connectivity index (χ0) is 32.5. The molecule has 0 bridgehead atoms. The molecule has 3 aromatic heterocycles. The first-order valence-corrected chi connectivity index (χ1v) is 18.7. The lowest BCUT2D eigenvalue weighted by molar-refractivity contribution is 0.122. The van der Waals surface area contributed by atoms with Crippen molar-refractivity contribution in [2.24, 2.45) is 5.10 Å². The number of halogens is 2. The number of nitrogens with zero attached hydrogens (tertiary/aromatic N) is 7. The predicted molar refractivity (Wildman–Crippen MR) is 191 cm³/mol. The van der Waals surface area contributed by atoms with Crippen molar-refractivity contribution in [1.82, 2.24) is 23.7 Å². The van der Waals surface area contributed by atoms with Gasteiger partial charge in [0.05, 0.1) is 35.9 Å². The predicted octanol–water partition coefficient (Wildman–Crippen LogP) is 5.36. The molecule has 2 fully saturated rings. The summed E-state index contributed by atoms with van der Waals surface area (Å²) in [6, 6.07) is 15.8. The van der Waals surface area contributed by atoms with Crippen LogP contribution in [0.4, 0.5) is 11.8 Å². The van der Waals surface area contributed by atoms with Gasteiger partial charge in [0.2, 0.25) is 16.0 Å². The first kappa shape index (κ1) is 32.3. The highest BCUT2D eigenvalue weighted by Gasteiger charge is 2.25. The van der Waals surface area contributed by atoms with Crippen LogP contribution in [0.5, 0.6) is 0 Å². The van der Waals surface area contributed by atoms with E-state index in [0.29, 0.717) is 61.9 Å². The lowest BCUT2D eigenvalue weighted by atomic mass is 10.2. The van der Waals surface area contributed by atoms with Gasteiger partial charge in [-0.2, -0.15) is 14.4 Å². The van der Waals surface area contributed by atoms with Crippen LogP contribution in [-0.4, -0.2) is 97.1 Å². The largest absolute Gasteiger partial charge is 0.378 e. The molecular formula is C32H34Cl2N8O3S2. The van der Waals surface area contributed by atoms with Crippen LogP contribution in [0, 0.1) is 0 Å². The number of sulfonamides is 1.